The Morgan fingerprint density at radius 1 is 1.10 bits per heavy atom. The molecule has 1 aliphatic rings. The van der Waals surface area contributed by atoms with E-state index in [1.165, 1.54) is 4.31 Å². The molecule has 8 heteroatoms. The van der Waals surface area contributed by atoms with Gasteiger partial charge in [0.2, 0.25) is 15.9 Å². The van der Waals surface area contributed by atoms with Crippen molar-refractivity contribution in [3.63, 3.8) is 0 Å². The van der Waals surface area contributed by atoms with Gasteiger partial charge in [-0.3, -0.25) is 9.10 Å². The van der Waals surface area contributed by atoms with Crippen LogP contribution in [0.1, 0.15) is 31.4 Å². The Kier molecular flexibility index (Phi) is 6.64. The first kappa shape index (κ1) is 21.0. The molecule has 0 aliphatic carbocycles. The van der Waals surface area contributed by atoms with Gasteiger partial charge < -0.3 is 14.8 Å². The second-order valence-corrected chi connectivity index (χ2v) is 8.87. The minimum atomic E-state index is -3.50. The summed E-state index contributed by atoms with van der Waals surface area (Å²) in [6.45, 7) is 3.02. The standard InChI is InChI=1S/C21H26N2O5S/c1-16(17-7-4-3-5-8-17)22-21(24)9-6-12-23(29(2,25)26)18-10-11-19-20(15-18)28-14-13-27-19/h3-5,7-8,10-11,15-16H,6,9,12-14H2,1-2H3,(H,22,24). The Labute approximate surface area is 171 Å². The van der Waals surface area contributed by atoms with Gasteiger partial charge in [-0.25, -0.2) is 8.42 Å². The summed E-state index contributed by atoms with van der Waals surface area (Å²) in [5.41, 5.74) is 1.52. The second-order valence-electron chi connectivity index (χ2n) is 6.97. The smallest absolute Gasteiger partial charge is 0.232 e. The van der Waals surface area contributed by atoms with E-state index in [4.69, 9.17) is 9.47 Å². The first-order chi connectivity index (χ1) is 13.8. The maximum Gasteiger partial charge on any atom is 0.232 e. The second kappa shape index (κ2) is 9.17. The third-order valence-corrected chi connectivity index (χ3v) is 5.85. The summed E-state index contributed by atoms with van der Waals surface area (Å²) in [4.78, 5) is 12.3. The summed E-state index contributed by atoms with van der Waals surface area (Å²) in [5.74, 6) is 1.01. The van der Waals surface area contributed by atoms with Crippen LogP contribution in [0.4, 0.5) is 5.69 Å². The zero-order valence-corrected chi connectivity index (χ0v) is 17.4. The highest BCUT2D eigenvalue weighted by molar-refractivity contribution is 7.92. The number of hydrogen-bond acceptors (Lipinski definition) is 5. The Hall–Kier alpha value is -2.74. The molecule has 1 N–H and O–H groups in total. The number of amides is 1. The lowest BCUT2D eigenvalue weighted by molar-refractivity contribution is -0.121. The number of rotatable bonds is 8. The Morgan fingerprint density at radius 2 is 1.79 bits per heavy atom. The lowest BCUT2D eigenvalue weighted by Crippen LogP contribution is -2.32. The summed E-state index contributed by atoms with van der Waals surface area (Å²) in [6, 6.07) is 14.6. The lowest BCUT2D eigenvalue weighted by Gasteiger charge is -2.25. The van der Waals surface area contributed by atoms with Gasteiger partial charge in [0.1, 0.15) is 13.2 Å². The molecule has 0 saturated carbocycles. The number of carbonyl (C=O) groups excluding carboxylic acids is 1. The van der Waals surface area contributed by atoms with Gasteiger partial charge in [0.25, 0.3) is 0 Å². The number of carbonyl (C=O) groups is 1. The van der Waals surface area contributed by atoms with Crippen LogP contribution < -0.4 is 19.1 Å². The molecule has 1 atom stereocenters. The molecule has 0 spiro atoms. The fraction of sp³-hybridized carbons (Fsp3) is 0.381. The van der Waals surface area contributed by atoms with Crippen molar-refractivity contribution in [1.82, 2.24) is 5.32 Å². The fourth-order valence-electron chi connectivity index (χ4n) is 3.20. The molecule has 0 aromatic heterocycles. The van der Waals surface area contributed by atoms with Gasteiger partial charge >= 0.3 is 0 Å². The minimum Gasteiger partial charge on any atom is -0.486 e. The Bertz CT molecular complexity index is 947. The van der Waals surface area contributed by atoms with Crippen LogP contribution in [0, 0.1) is 0 Å². The minimum absolute atomic E-state index is 0.104. The maximum absolute atomic E-state index is 12.3. The van der Waals surface area contributed by atoms with Crippen LogP contribution in [0.2, 0.25) is 0 Å². The largest absolute Gasteiger partial charge is 0.486 e. The van der Waals surface area contributed by atoms with E-state index < -0.39 is 10.0 Å². The molecule has 0 radical (unpaired) electrons. The number of nitrogens with one attached hydrogen (secondary N) is 1. The third kappa shape index (κ3) is 5.63. The number of hydrogen-bond donors (Lipinski definition) is 1. The number of benzene rings is 2. The van der Waals surface area contributed by atoms with Crippen LogP contribution in [0.3, 0.4) is 0 Å². The highest BCUT2D eigenvalue weighted by Crippen LogP contribution is 2.34. The van der Waals surface area contributed by atoms with E-state index in [0.717, 1.165) is 11.8 Å². The SMILES string of the molecule is CC(NC(=O)CCCN(c1ccc2c(c1)OCCO2)S(C)(=O)=O)c1ccccc1. The van der Waals surface area contributed by atoms with Gasteiger partial charge in [-0.2, -0.15) is 0 Å². The molecule has 2 aromatic carbocycles. The van der Waals surface area contributed by atoms with E-state index in [1.807, 2.05) is 37.3 Å². The van der Waals surface area contributed by atoms with Crippen LogP contribution in [-0.2, 0) is 14.8 Å². The molecule has 29 heavy (non-hydrogen) atoms. The predicted molar refractivity (Wildman–Crippen MR) is 112 cm³/mol. The van der Waals surface area contributed by atoms with E-state index in [0.29, 0.717) is 36.8 Å². The Morgan fingerprint density at radius 3 is 2.48 bits per heavy atom. The topological polar surface area (TPSA) is 84.9 Å². The molecule has 1 amide bonds. The molecule has 0 fully saturated rings. The van der Waals surface area contributed by atoms with Crippen molar-refractivity contribution in [2.75, 3.05) is 30.3 Å². The molecule has 3 rings (SSSR count). The van der Waals surface area contributed by atoms with Crippen LogP contribution in [0.25, 0.3) is 0 Å². The maximum atomic E-state index is 12.3. The fourth-order valence-corrected chi connectivity index (χ4v) is 4.15. The van der Waals surface area contributed by atoms with Gasteiger partial charge in [0.15, 0.2) is 11.5 Å². The molecule has 0 saturated heterocycles. The zero-order chi connectivity index (χ0) is 20.9. The van der Waals surface area contributed by atoms with Gasteiger partial charge in [0, 0.05) is 19.0 Å². The molecular weight excluding hydrogens is 392 g/mol. The molecule has 1 heterocycles. The van der Waals surface area contributed by atoms with Crippen molar-refractivity contribution < 1.29 is 22.7 Å². The number of sulfonamides is 1. The van der Waals surface area contributed by atoms with Gasteiger partial charge in [0.05, 0.1) is 18.0 Å². The lowest BCUT2D eigenvalue weighted by atomic mass is 10.1. The van der Waals surface area contributed by atoms with Crippen LogP contribution in [0.15, 0.2) is 48.5 Å². The summed E-state index contributed by atoms with van der Waals surface area (Å²) in [6.07, 6.45) is 1.78. The molecule has 0 bridgehead atoms. The van der Waals surface area contributed by atoms with Gasteiger partial charge in [-0.1, -0.05) is 30.3 Å². The first-order valence-corrected chi connectivity index (χ1v) is 11.4. The summed E-state index contributed by atoms with van der Waals surface area (Å²) in [5, 5.41) is 2.95. The molecule has 156 valence electrons. The highest BCUT2D eigenvalue weighted by atomic mass is 32.2. The van der Waals surface area contributed by atoms with Crippen LogP contribution >= 0.6 is 0 Å². The molecule has 1 aliphatic heterocycles. The van der Waals surface area contributed by atoms with Crippen molar-refractivity contribution in [3.05, 3.63) is 54.1 Å². The van der Waals surface area contributed by atoms with Gasteiger partial charge in [-0.15, -0.1) is 0 Å². The number of fused-ring (bicyclic) bond motifs is 1. The van der Waals surface area contributed by atoms with E-state index in [2.05, 4.69) is 5.32 Å². The Balaban J connectivity index is 1.59. The first-order valence-electron chi connectivity index (χ1n) is 9.56. The highest BCUT2D eigenvalue weighted by Gasteiger charge is 2.21. The normalized spacial score (nSPS) is 14.1. The van der Waals surface area contributed by atoms with E-state index in [1.54, 1.807) is 18.2 Å². The van der Waals surface area contributed by atoms with Crippen molar-refractivity contribution in [2.45, 2.75) is 25.8 Å². The number of nitrogens with zero attached hydrogens (tertiary/aromatic N) is 1. The monoisotopic (exact) mass is 418 g/mol. The molecule has 2 aromatic rings. The van der Waals surface area contributed by atoms with Crippen molar-refractivity contribution in [3.8, 4) is 11.5 Å². The quantitative estimate of drug-likeness (QED) is 0.713. The van der Waals surface area contributed by atoms with Crippen molar-refractivity contribution >= 4 is 21.6 Å². The van der Waals surface area contributed by atoms with Crippen molar-refractivity contribution in [2.24, 2.45) is 0 Å². The number of anilines is 1. The average Bonchev–Trinajstić information content (AvgIpc) is 2.70. The van der Waals surface area contributed by atoms with E-state index in [9.17, 15) is 13.2 Å². The number of ether oxygens (including phenoxy) is 2. The molecular formula is C21H26N2O5S. The molecule has 1 unspecified atom stereocenters. The molecule has 7 nitrogen and oxygen atoms in total. The summed E-state index contributed by atoms with van der Waals surface area (Å²) >= 11 is 0. The van der Waals surface area contributed by atoms with E-state index >= 15 is 0 Å². The zero-order valence-electron chi connectivity index (χ0n) is 16.6. The van der Waals surface area contributed by atoms with Crippen LogP contribution in [0.5, 0.6) is 11.5 Å². The average molecular weight is 419 g/mol. The van der Waals surface area contributed by atoms with Crippen molar-refractivity contribution in [1.29, 1.82) is 0 Å². The summed E-state index contributed by atoms with van der Waals surface area (Å²) < 4.78 is 36.9. The predicted octanol–water partition coefficient (Wildman–Crippen LogP) is 2.88. The van der Waals surface area contributed by atoms with E-state index in [-0.39, 0.29) is 24.9 Å². The summed E-state index contributed by atoms with van der Waals surface area (Å²) in [7, 11) is -3.50. The third-order valence-electron chi connectivity index (χ3n) is 4.66. The van der Waals surface area contributed by atoms with Gasteiger partial charge in [-0.05, 0) is 31.0 Å². The van der Waals surface area contributed by atoms with Crippen LogP contribution in [-0.4, -0.2) is 40.3 Å².